The molecule has 0 unspecified atom stereocenters. The van der Waals surface area contributed by atoms with E-state index in [9.17, 15) is 14.7 Å². The molecule has 2 N–H and O–H groups in total. The van der Waals surface area contributed by atoms with Crippen LogP contribution in [0.5, 0.6) is 0 Å². The van der Waals surface area contributed by atoms with E-state index >= 15 is 0 Å². The van der Waals surface area contributed by atoms with E-state index in [0.29, 0.717) is 18.1 Å². The molecule has 0 aromatic carbocycles. The minimum atomic E-state index is -1.26. The number of carboxylic acids is 1. The predicted molar refractivity (Wildman–Crippen MR) is 105 cm³/mol. The third-order valence-electron chi connectivity index (χ3n) is 4.46. The Morgan fingerprint density at radius 1 is 1.07 bits per heavy atom. The van der Waals surface area contributed by atoms with Gasteiger partial charge in [-0.15, -0.1) is 0 Å². The first-order chi connectivity index (χ1) is 13.1. The van der Waals surface area contributed by atoms with Gasteiger partial charge in [-0.25, -0.2) is 14.2 Å². The van der Waals surface area contributed by atoms with Crippen molar-refractivity contribution in [1.82, 2.24) is 29.3 Å². The third-order valence-corrected chi connectivity index (χ3v) is 5.60. The summed E-state index contributed by atoms with van der Waals surface area (Å²) in [6.45, 7) is 7.85. The molecular formula is C17H20BrN7O3. The lowest BCUT2D eigenvalue weighted by Crippen LogP contribution is -2.17. The number of carbonyl (C=O) groups excluding carboxylic acids is 1. The van der Waals surface area contributed by atoms with Crippen LogP contribution in [-0.4, -0.2) is 46.3 Å². The number of hydrogen-bond donors (Lipinski definition) is 2. The SMILES string of the molecule is Cc1nn(Cn2nc(C)c(NC(=O)c3cn(C)nc3C(=O)O)c2C)c(C)c1Br. The molecule has 28 heavy (non-hydrogen) atoms. The second-order valence-corrected chi connectivity index (χ2v) is 7.29. The van der Waals surface area contributed by atoms with Gasteiger partial charge in [0.15, 0.2) is 5.69 Å². The Bertz CT molecular complexity index is 1090. The summed E-state index contributed by atoms with van der Waals surface area (Å²) >= 11 is 3.50. The largest absolute Gasteiger partial charge is 0.476 e. The zero-order valence-electron chi connectivity index (χ0n) is 16.1. The van der Waals surface area contributed by atoms with Gasteiger partial charge in [0, 0.05) is 13.2 Å². The summed E-state index contributed by atoms with van der Waals surface area (Å²) in [6, 6.07) is 0. The minimum absolute atomic E-state index is 0.0102. The molecule has 0 radical (unpaired) electrons. The average Bonchev–Trinajstić information content (AvgIpc) is 3.22. The van der Waals surface area contributed by atoms with Gasteiger partial charge in [0.1, 0.15) is 6.67 Å². The normalized spacial score (nSPS) is 11.1. The molecule has 0 fully saturated rings. The zero-order chi connectivity index (χ0) is 20.7. The molecule has 3 aromatic rings. The van der Waals surface area contributed by atoms with Crippen LogP contribution in [-0.2, 0) is 13.7 Å². The zero-order valence-corrected chi connectivity index (χ0v) is 17.7. The third kappa shape index (κ3) is 3.44. The van der Waals surface area contributed by atoms with Crippen molar-refractivity contribution in [1.29, 1.82) is 0 Å². The first-order valence-electron chi connectivity index (χ1n) is 8.42. The van der Waals surface area contributed by atoms with Crippen LogP contribution in [0.4, 0.5) is 5.69 Å². The Hall–Kier alpha value is -2.95. The summed E-state index contributed by atoms with van der Waals surface area (Å²) < 4.78 is 5.79. The van der Waals surface area contributed by atoms with Crippen molar-refractivity contribution in [3.05, 3.63) is 44.7 Å². The van der Waals surface area contributed by atoms with E-state index in [0.717, 1.165) is 21.6 Å². The Labute approximate surface area is 169 Å². The molecule has 0 aliphatic heterocycles. The highest BCUT2D eigenvalue weighted by Crippen LogP contribution is 2.23. The van der Waals surface area contributed by atoms with Crippen molar-refractivity contribution < 1.29 is 14.7 Å². The summed E-state index contributed by atoms with van der Waals surface area (Å²) in [5, 5.41) is 24.8. The fourth-order valence-corrected chi connectivity index (χ4v) is 3.23. The maximum atomic E-state index is 12.6. The van der Waals surface area contributed by atoms with Crippen LogP contribution in [0.3, 0.4) is 0 Å². The van der Waals surface area contributed by atoms with Crippen molar-refractivity contribution in [2.45, 2.75) is 34.4 Å². The number of nitrogens with one attached hydrogen (secondary N) is 1. The Morgan fingerprint density at radius 2 is 1.68 bits per heavy atom. The number of carbonyl (C=O) groups is 2. The summed E-state index contributed by atoms with van der Waals surface area (Å²) in [6.07, 6.45) is 1.38. The first kappa shape index (κ1) is 19.8. The summed E-state index contributed by atoms with van der Waals surface area (Å²) in [4.78, 5) is 23.9. The van der Waals surface area contributed by atoms with E-state index in [1.165, 1.54) is 10.9 Å². The quantitative estimate of drug-likeness (QED) is 0.616. The molecule has 3 rings (SSSR count). The van der Waals surface area contributed by atoms with Gasteiger partial charge in [0.2, 0.25) is 0 Å². The van der Waals surface area contributed by atoms with E-state index < -0.39 is 11.9 Å². The highest BCUT2D eigenvalue weighted by atomic mass is 79.9. The molecule has 0 bridgehead atoms. The second-order valence-electron chi connectivity index (χ2n) is 6.50. The standard InChI is InChI=1S/C17H20BrN7O3/c1-8-13(18)10(3)24(20-8)7-25-11(4)14(9(2)21-25)19-16(26)12-6-23(5)22-15(12)17(27)28/h6H,7H2,1-5H3,(H,19,26)(H,27,28). The smallest absolute Gasteiger partial charge is 0.357 e. The van der Waals surface area contributed by atoms with Crippen LogP contribution in [0.15, 0.2) is 10.7 Å². The summed E-state index contributed by atoms with van der Waals surface area (Å²) in [5.41, 5.74) is 3.43. The van der Waals surface area contributed by atoms with Crippen molar-refractivity contribution in [2.75, 3.05) is 5.32 Å². The predicted octanol–water partition coefficient (Wildman–Crippen LogP) is 2.27. The van der Waals surface area contributed by atoms with E-state index in [2.05, 4.69) is 36.5 Å². The van der Waals surface area contributed by atoms with E-state index in [4.69, 9.17) is 0 Å². The lowest BCUT2D eigenvalue weighted by Gasteiger charge is -2.08. The van der Waals surface area contributed by atoms with Gasteiger partial charge in [-0.2, -0.15) is 15.3 Å². The highest BCUT2D eigenvalue weighted by molar-refractivity contribution is 9.10. The monoisotopic (exact) mass is 449 g/mol. The van der Waals surface area contributed by atoms with Gasteiger partial charge in [-0.3, -0.25) is 9.48 Å². The molecule has 11 heteroatoms. The number of halogens is 1. The number of amides is 1. The molecule has 0 saturated heterocycles. The van der Waals surface area contributed by atoms with Gasteiger partial charge < -0.3 is 10.4 Å². The molecule has 0 saturated carbocycles. The average molecular weight is 450 g/mol. The topological polar surface area (TPSA) is 120 Å². The van der Waals surface area contributed by atoms with Crippen LogP contribution in [0.25, 0.3) is 0 Å². The molecule has 148 valence electrons. The Balaban J connectivity index is 1.89. The van der Waals surface area contributed by atoms with Crippen molar-refractivity contribution in [3.63, 3.8) is 0 Å². The van der Waals surface area contributed by atoms with Crippen LogP contribution in [0.2, 0.25) is 0 Å². The van der Waals surface area contributed by atoms with Crippen LogP contribution in [0, 0.1) is 27.7 Å². The summed E-state index contributed by atoms with van der Waals surface area (Å²) in [7, 11) is 1.56. The number of nitrogens with zero attached hydrogens (tertiary/aromatic N) is 6. The molecule has 0 spiro atoms. The number of rotatable bonds is 5. The van der Waals surface area contributed by atoms with Crippen molar-refractivity contribution in [3.8, 4) is 0 Å². The molecule has 3 aromatic heterocycles. The Morgan fingerprint density at radius 3 is 2.25 bits per heavy atom. The number of aryl methyl sites for hydroxylation is 3. The number of carboxylic acid groups (broad SMARTS) is 1. The van der Waals surface area contributed by atoms with Crippen molar-refractivity contribution in [2.24, 2.45) is 7.05 Å². The first-order valence-corrected chi connectivity index (χ1v) is 9.21. The molecule has 3 heterocycles. The number of anilines is 1. The van der Waals surface area contributed by atoms with E-state index in [1.807, 2.05) is 25.5 Å². The highest BCUT2D eigenvalue weighted by Gasteiger charge is 2.23. The lowest BCUT2D eigenvalue weighted by molar-refractivity contribution is 0.0685. The van der Waals surface area contributed by atoms with Gasteiger partial charge in [-0.1, -0.05) is 0 Å². The molecule has 1 amide bonds. The van der Waals surface area contributed by atoms with Gasteiger partial charge in [-0.05, 0) is 43.6 Å². The maximum absolute atomic E-state index is 12.6. The van der Waals surface area contributed by atoms with Crippen LogP contribution < -0.4 is 5.32 Å². The van der Waals surface area contributed by atoms with E-state index in [-0.39, 0.29) is 11.3 Å². The van der Waals surface area contributed by atoms with Gasteiger partial charge in [0.25, 0.3) is 5.91 Å². The van der Waals surface area contributed by atoms with E-state index in [1.54, 1.807) is 18.7 Å². The molecule has 10 nitrogen and oxygen atoms in total. The fraction of sp³-hybridized carbons (Fsp3) is 0.353. The molecule has 0 atom stereocenters. The fourth-order valence-electron chi connectivity index (χ4n) is 2.95. The minimum Gasteiger partial charge on any atom is -0.476 e. The van der Waals surface area contributed by atoms with Crippen LogP contribution >= 0.6 is 15.9 Å². The second kappa shape index (κ2) is 7.23. The van der Waals surface area contributed by atoms with Crippen molar-refractivity contribution >= 4 is 33.5 Å². The summed E-state index contributed by atoms with van der Waals surface area (Å²) in [5.74, 6) is -1.81. The number of aromatic nitrogens is 6. The molecule has 0 aliphatic rings. The molecular weight excluding hydrogens is 430 g/mol. The number of hydrogen-bond acceptors (Lipinski definition) is 5. The Kier molecular flexibility index (Phi) is 5.11. The lowest BCUT2D eigenvalue weighted by atomic mass is 10.2. The maximum Gasteiger partial charge on any atom is 0.357 e. The van der Waals surface area contributed by atoms with Gasteiger partial charge in [0.05, 0.1) is 38.5 Å². The van der Waals surface area contributed by atoms with Crippen LogP contribution in [0.1, 0.15) is 43.6 Å². The molecule has 0 aliphatic carbocycles. The number of aromatic carboxylic acids is 1. The van der Waals surface area contributed by atoms with Gasteiger partial charge >= 0.3 is 5.97 Å².